The van der Waals surface area contributed by atoms with E-state index in [1.807, 2.05) is 19.1 Å². The van der Waals surface area contributed by atoms with Crippen molar-refractivity contribution in [3.05, 3.63) is 83.3 Å². The largest absolute Gasteiger partial charge is 0.466 e. The number of halogens is 1. The number of nitrogens with zero attached hydrogens (tertiary/aromatic N) is 3. The third-order valence-corrected chi connectivity index (χ3v) is 6.13. The minimum Gasteiger partial charge on any atom is -0.466 e. The molecule has 1 fully saturated rings. The van der Waals surface area contributed by atoms with Gasteiger partial charge in [-0.25, -0.2) is 4.39 Å². The van der Waals surface area contributed by atoms with Crippen LogP contribution in [0.25, 0.3) is 0 Å². The monoisotopic (exact) mass is 423 g/mol. The molecule has 5 nitrogen and oxygen atoms in total. The number of aliphatic hydroxyl groups is 1. The van der Waals surface area contributed by atoms with Crippen molar-refractivity contribution < 1.29 is 13.9 Å². The number of aryl methyl sites for hydroxylation is 1. The third-order valence-electron chi connectivity index (χ3n) is 6.13. The summed E-state index contributed by atoms with van der Waals surface area (Å²) >= 11 is 0. The van der Waals surface area contributed by atoms with Crippen molar-refractivity contribution in [1.82, 2.24) is 9.88 Å². The molecule has 0 bridgehead atoms. The van der Waals surface area contributed by atoms with Crippen molar-refractivity contribution in [2.75, 3.05) is 37.6 Å². The predicted molar refractivity (Wildman–Crippen MR) is 120 cm³/mol. The van der Waals surface area contributed by atoms with Crippen LogP contribution in [0.4, 0.5) is 10.1 Å². The zero-order valence-electron chi connectivity index (χ0n) is 18.2. The van der Waals surface area contributed by atoms with Crippen molar-refractivity contribution in [3.8, 4) is 0 Å². The first-order chi connectivity index (χ1) is 15.0. The molecular formula is C25H30FN3O2. The highest BCUT2D eigenvalue weighted by atomic mass is 19.1. The van der Waals surface area contributed by atoms with Crippen molar-refractivity contribution in [2.45, 2.75) is 32.3 Å². The van der Waals surface area contributed by atoms with Crippen molar-refractivity contribution in [3.63, 3.8) is 0 Å². The average molecular weight is 424 g/mol. The van der Waals surface area contributed by atoms with Crippen molar-refractivity contribution >= 4 is 5.69 Å². The normalized spacial score (nSPS) is 17.0. The van der Waals surface area contributed by atoms with Crippen LogP contribution >= 0.6 is 0 Å². The van der Waals surface area contributed by atoms with E-state index in [-0.39, 0.29) is 5.82 Å². The minimum atomic E-state index is -0.907. The molecule has 1 N–H and O–H groups in total. The number of aliphatic hydroxyl groups excluding tert-OH is 1. The summed E-state index contributed by atoms with van der Waals surface area (Å²) in [5.41, 5.74) is 1.75. The van der Waals surface area contributed by atoms with Gasteiger partial charge < -0.3 is 14.4 Å². The maximum atomic E-state index is 14.9. The van der Waals surface area contributed by atoms with Crippen LogP contribution in [0.15, 0.2) is 59.3 Å². The first-order valence-electron chi connectivity index (χ1n) is 10.9. The van der Waals surface area contributed by atoms with E-state index in [2.05, 4.69) is 27.8 Å². The maximum absolute atomic E-state index is 14.9. The summed E-state index contributed by atoms with van der Waals surface area (Å²) in [6.07, 6.45) is 3.40. The van der Waals surface area contributed by atoms with Crippen LogP contribution in [0.5, 0.6) is 0 Å². The zero-order chi connectivity index (χ0) is 21.8. The van der Waals surface area contributed by atoms with Crippen molar-refractivity contribution in [2.24, 2.45) is 0 Å². The number of rotatable bonds is 7. The highest BCUT2D eigenvalue weighted by Gasteiger charge is 2.25. The second kappa shape index (κ2) is 9.62. The maximum Gasteiger partial charge on any atom is 0.146 e. The number of aromatic nitrogens is 1. The number of furan rings is 1. The Morgan fingerprint density at radius 1 is 1.10 bits per heavy atom. The molecule has 2 aromatic heterocycles. The fourth-order valence-electron chi connectivity index (χ4n) is 4.24. The van der Waals surface area contributed by atoms with Crippen LogP contribution in [0.2, 0.25) is 0 Å². The Hall–Kier alpha value is -2.70. The molecule has 3 aromatic rings. The molecule has 4 rings (SSSR count). The van der Waals surface area contributed by atoms with Gasteiger partial charge in [-0.05, 0) is 44.2 Å². The Bertz CT molecular complexity index is 983. The molecule has 1 aliphatic rings. The standard InChI is InChI=1S/C25H30FN3O2/c1-18(23-9-8-19(2)31-23)10-12-28-13-15-29(16-14-28)24-21(6-3-7-22(24)26)25(30)20-5-4-11-27-17-20/h3-9,11,17-18,25,30H,10,12-16H2,1-2H3/t18-,25+/m0/s1. The summed E-state index contributed by atoms with van der Waals surface area (Å²) in [6, 6.07) is 12.6. The molecule has 1 aromatic carbocycles. The molecule has 2 atom stereocenters. The molecule has 0 spiro atoms. The Balaban J connectivity index is 1.40. The lowest BCUT2D eigenvalue weighted by Gasteiger charge is -2.37. The number of hydrogen-bond donors (Lipinski definition) is 1. The van der Waals surface area contributed by atoms with Crippen molar-refractivity contribution in [1.29, 1.82) is 0 Å². The highest BCUT2D eigenvalue weighted by Crippen LogP contribution is 2.33. The second-order valence-corrected chi connectivity index (χ2v) is 8.33. The molecule has 0 aliphatic carbocycles. The van der Waals surface area contributed by atoms with E-state index in [4.69, 9.17) is 4.42 Å². The lowest BCUT2D eigenvalue weighted by atomic mass is 9.99. The quantitative estimate of drug-likeness (QED) is 0.606. The molecule has 0 unspecified atom stereocenters. The van der Waals surface area contributed by atoms with Crippen LogP contribution in [-0.4, -0.2) is 47.7 Å². The summed E-state index contributed by atoms with van der Waals surface area (Å²) < 4.78 is 20.6. The van der Waals surface area contributed by atoms with Gasteiger partial charge >= 0.3 is 0 Å². The number of piperazine rings is 1. The Kier molecular flexibility index (Phi) is 6.68. The van der Waals surface area contributed by atoms with Gasteiger partial charge in [0.2, 0.25) is 0 Å². The van der Waals surface area contributed by atoms with Gasteiger partial charge in [-0.3, -0.25) is 9.88 Å². The Morgan fingerprint density at radius 2 is 1.90 bits per heavy atom. The molecule has 0 radical (unpaired) electrons. The van der Waals surface area contributed by atoms with E-state index >= 15 is 0 Å². The van der Waals surface area contributed by atoms with Gasteiger partial charge in [0.05, 0.1) is 5.69 Å². The summed E-state index contributed by atoms with van der Waals surface area (Å²) in [6.45, 7) is 8.32. The first kappa shape index (κ1) is 21.5. The Morgan fingerprint density at radius 3 is 2.58 bits per heavy atom. The van der Waals surface area contributed by atoms with Gasteiger partial charge in [0.15, 0.2) is 0 Å². The number of para-hydroxylation sites is 1. The van der Waals surface area contributed by atoms with Gasteiger partial charge in [-0.1, -0.05) is 25.1 Å². The molecular weight excluding hydrogens is 393 g/mol. The zero-order valence-corrected chi connectivity index (χ0v) is 18.2. The van der Waals surface area contributed by atoms with Crippen LogP contribution in [0, 0.1) is 12.7 Å². The summed E-state index contributed by atoms with van der Waals surface area (Å²) in [5.74, 6) is 2.07. The lowest BCUT2D eigenvalue weighted by molar-refractivity contribution is 0.218. The van der Waals surface area contributed by atoms with Gasteiger partial charge in [0.1, 0.15) is 23.4 Å². The van der Waals surface area contributed by atoms with Gasteiger partial charge in [-0.15, -0.1) is 0 Å². The van der Waals surface area contributed by atoms with E-state index in [1.165, 1.54) is 6.07 Å². The highest BCUT2D eigenvalue weighted by molar-refractivity contribution is 5.58. The fraction of sp³-hybridized carbons (Fsp3) is 0.400. The molecule has 0 saturated carbocycles. The molecule has 6 heteroatoms. The van der Waals surface area contributed by atoms with Crippen LogP contribution < -0.4 is 4.90 Å². The lowest BCUT2D eigenvalue weighted by Crippen LogP contribution is -2.47. The summed E-state index contributed by atoms with van der Waals surface area (Å²) in [7, 11) is 0. The SMILES string of the molecule is Cc1ccc([C@@H](C)CCN2CCN(c3c(F)cccc3[C@H](O)c3cccnc3)CC2)o1. The first-order valence-corrected chi connectivity index (χ1v) is 10.9. The summed E-state index contributed by atoms with van der Waals surface area (Å²) in [4.78, 5) is 8.56. The van der Waals surface area contributed by atoms with Gasteiger partial charge in [-0.2, -0.15) is 0 Å². The average Bonchev–Trinajstić information content (AvgIpc) is 3.24. The summed E-state index contributed by atoms with van der Waals surface area (Å²) in [5, 5.41) is 10.9. The molecule has 31 heavy (non-hydrogen) atoms. The number of pyridine rings is 1. The molecule has 164 valence electrons. The third kappa shape index (κ3) is 4.97. The minimum absolute atomic E-state index is 0.296. The molecule has 0 amide bonds. The molecule has 3 heterocycles. The van der Waals surface area contributed by atoms with E-state index in [0.717, 1.165) is 50.7 Å². The van der Waals surface area contributed by atoms with Crippen LogP contribution in [0.3, 0.4) is 0 Å². The molecule has 1 saturated heterocycles. The van der Waals surface area contributed by atoms with Crippen LogP contribution in [-0.2, 0) is 0 Å². The van der Waals surface area contributed by atoms with Crippen LogP contribution in [0.1, 0.15) is 48.0 Å². The number of anilines is 1. The number of benzene rings is 1. The second-order valence-electron chi connectivity index (χ2n) is 8.33. The van der Waals surface area contributed by atoms with E-state index in [9.17, 15) is 9.50 Å². The van der Waals surface area contributed by atoms with Gasteiger partial charge in [0.25, 0.3) is 0 Å². The fourth-order valence-corrected chi connectivity index (χ4v) is 4.24. The molecule has 1 aliphatic heterocycles. The van der Waals surface area contributed by atoms with E-state index < -0.39 is 6.10 Å². The topological polar surface area (TPSA) is 52.7 Å². The van der Waals surface area contributed by atoms with E-state index in [1.54, 1.807) is 30.6 Å². The smallest absolute Gasteiger partial charge is 0.146 e. The van der Waals surface area contributed by atoms with Gasteiger partial charge in [0, 0.05) is 55.6 Å². The Labute approximate surface area is 183 Å². The number of hydrogen-bond acceptors (Lipinski definition) is 5. The van der Waals surface area contributed by atoms with E-state index in [0.29, 0.717) is 22.7 Å². The predicted octanol–water partition coefficient (Wildman–Crippen LogP) is 4.52.